The zero-order valence-electron chi connectivity index (χ0n) is 17.8. The molecule has 0 saturated carbocycles. The lowest BCUT2D eigenvalue weighted by atomic mass is 10.0. The number of hydrogen-bond acceptors (Lipinski definition) is 5. The van der Waals surface area contributed by atoms with Crippen molar-refractivity contribution in [2.75, 3.05) is 5.32 Å². The number of rotatable bonds is 4. The van der Waals surface area contributed by atoms with Gasteiger partial charge in [0.05, 0.1) is 10.9 Å². The van der Waals surface area contributed by atoms with Gasteiger partial charge in [0, 0.05) is 18.7 Å². The van der Waals surface area contributed by atoms with Crippen LogP contribution in [0.5, 0.6) is 0 Å². The molecule has 0 radical (unpaired) electrons. The lowest BCUT2D eigenvalue weighted by molar-refractivity contribution is -0.135. The second-order valence-electron chi connectivity index (χ2n) is 7.83. The molecule has 3 aromatic rings. The second kappa shape index (κ2) is 8.62. The molecule has 3 N–H and O–H groups in total. The number of urea groups is 1. The number of carbonyl (C=O) groups excluding carboxylic acids is 3. The first-order valence-corrected chi connectivity index (χ1v) is 10.3. The van der Waals surface area contributed by atoms with Crippen LogP contribution in [0.1, 0.15) is 35.8 Å². The standard InChI is InChI=1S/C23H23N5O4/c1-13-3-6-16(7-4-13)26-23(32)24-12-15-5-8-18-17(11-15)22(31)28(14(2)25-18)19-9-10-20(29)27-21(19)30/h3-8,11,19H,9-10,12H2,1-2H3,(H2,24,26,32)(H,27,29,30)/t19-/m0/s1. The van der Waals surface area contributed by atoms with Gasteiger partial charge in [-0.2, -0.15) is 0 Å². The van der Waals surface area contributed by atoms with E-state index in [9.17, 15) is 19.2 Å². The Balaban J connectivity index is 1.54. The van der Waals surface area contributed by atoms with Crippen LogP contribution in [0, 0.1) is 13.8 Å². The van der Waals surface area contributed by atoms with Crippen LogP contribution in [-0.2, 0) is 16.1 Å². The number of anilines is 1. The Morgan fingerprint density at radius 3 is 2.59 bits per heavy atom. The number of aromatic nitrogens is 2. The molecule has 0 aliphatic carbocycles. The molecule has 9 nitrogen and oxygen atoms in total. The van der Waals surface area contributed by atoms with E-state index in [1.807, 2.05) is 31.2 Å². The number of benzene rings is 2. The highest BCUT2D eigenvalue weighted by molar-refractivity contribution is 5.99. The van der Waals surface area contributed by atoms with Crippen molar-refractivity contribution < 1.29 is 14.4 Å². The van der Waals surface area contributed by atoms with Crippen LogP contribution >= 0.6 is 0 Å². The number of carbonyl (C=O) groups is 3. The molecule has 1 aliphatic heterocycles. The Bertz CT molecular complexity index is 1280. The molecule has 1 saturated heterocycles. The molecule has 2 aromatic carbocycles. The van der Waals surface area contributed by atoms with Gasteiger partial charge in [0.2, 0.25) is 11.8 Å². The molecule has 2 heterocycles. The van der Waals surface area contributed by atoms with Crippen molar-refractivity contribution in [2.24, 2.45) is 0 Å². The Labute approximate surface area is 183 Å². The summed E-state index contributed by atoms with van der Waals surface area (Å²) in [7, 11) is 0. The molecule has 0 spiro atoms. The van der Waals surface area contributed by atoms with Gasteiger partial charge in [0.1, 0.15) is 11.9 Å². The van der Waals surface area contributed by atoms with Crippen LogP contribution < -0.4 is 21.5 Å². The van der Waals surface area contributed by atoms with Crippen molar-refractivity contribution in [3.05, 3.63) is 69.8 Å². The maximum Gasteiger partial charge on any atom is 0.319 e. The van der Waals surface area contributed by atoms with Crippen LogP contribution in [-0.4, -0.2) is 27.4 Å². The monoisotopic (exact) mass is 433 g/mol. The van der Waals surface area contributed by atoms with Crippen LogP contribution in [0.4, 0.5) is 10.5 Å². The maximum absolute atomic E-state index is 13.2. The van der Waals surface area contributed by atoms with Gasteiger partial charge in [-0.25, -0.2) is 9.78 Å². The Morgan fingerprint density at radius 1 is 1.12 bits per heavy atom. The molecule has 0 unspecified atom stereocenters. The number of fused-ring (bicyclic) bond motifs is 1. The predicted molar refractivity (Wildman–Crippen MR) is 119 cm³/mol. The molecule has 164 valence electrons. The van der Waals surface area contributed by atoms with Crippen molar-refractivity contribution >= 4 is 34.4 Å². The number of nitrogens with one attached hydrogen (secondary N) is 3. The fourth-order valence-corrected chi connectivity index (χ4v) is 3.76. The highest BCUT2D eigenvalue weighted by Crippen LogP contribution is 2.20. The van der Waals surface area contributed by atoms with E-state index in [1.54, 1.807) is 25.1 Å². The summed E-state index contributed by atoms with van der Waals surface area (Å²) in [4.78, 5) is 53.6. The van der Waals surface area contributed by atoms with Crippen molar-refractivity contribution in [3.63, 3.8) is 0 Å². The smallest absolute Gasteiger partial charge is 0.319 e. The number of imide groups is 1. The number of piperidine rings is 1. The van der Waals surface area contributed by atoms with Crippen LogP contribution in [0.2, 0.25) is 0 Å². The predicted octanol–water partition coefficient (Wildman–Crippen LogP) is 2.31. The average molecular weight is 433 g/mol. The van der Waals surface area contributed by atoms with E-state index < -0.39 is 11.9 Å². The summed E-state index contributed by atoms with van der Waals surface area (Å²) in [6, 6.07) is 11.5. The number of hydrogen-bond donors (Lipinski definition) is 3. The van der Waals surface area contributed by atoms with Gasteiger partial charge in [0.15, 0.2) is 0 Å². The van der Waals surface area contributed by atoms with E-state index in [-0.39, 0.29) is 36.9 Å². The number of nitrogens with zero attached hydrogens (tertiary/aromatic N) is 2. The summed E-state index contributed by atoms with van der Waals surface area (Å²) >= 11 is 0. The first-order chi connectivity index (χ1) is 15.3. The van der Waals surface area contributed by atoms with E-state index in [0.29, 0.717) is 28.0 Å². The molecular formula is C23H23N5O4. The topological polar surface area (TPSA) is 122 Å². The van der Waals surface area contributed by atoms with Crippen molar-refractivity contribution in [3.8, 4) is 0 Å². The highest BCUT2D eigenvalue weighted by Gasteiger charge is 2.30. The van der Waals surface area contributed by atoms with E-state index in [0.717, 1.165) is 5.56 Å². The summed E-state index contributed by atoms with van der Waals surface area (Å²) in [5.74, 6) is -0.443. The van der Waals surface area contributed by atoms with E-state index in [4.69, 9.17) is 0 Å². The third-order valence-corrected chi connectivity index (χ3v) is 5.43. The largest absolute Gasteiger partial charge is 0.334 e. The van der Waals surface area contributed by atoms with Gasteiger partial charge in [-0.3, -0.25) is 24.3 Å². The van der Waals surface area contributed by atoms with Gasteiger partial charge >= 0.3 is 6.03 Å². The van der Waals surface area contributed by atoms with Crippen molar-refractivity contribution in [1.82, 2.24) is 20.2 Å². The summed E-state index contributed by atoms with van der Waals surface area (Å²) < 4.78 is 1.34. The number of amides is 4. The molecule has 0 bridgehead atoms. The fraction of sp³-hybridized carbons (Fsp3) is 0.261. The second-order valence-corrected chi connectivity index (χ2v) is 7.83. The first-order valence-electron chi connectivity index (χ1n) is 10.3. The van der Waals surface area contributed by atoms with Crippen LogP contribution in [0.3, 0.4) is 0 Å². The van der Waals surface area contributed by atoms with Gasteiger partial charge in [-0.1, -0.05) is 23.8 Å². The van der Waals surface area contributed by atoms with E-state index >= 15 is 0 Å². The van der Waals surface area contributed by atoms with Gasteiger partial charge in [-0.05, 0) is 50.1 Å². The maximum atomic E-state index is 13.2. The molecule has 1 atom stereocenters. The Morgan fingerprint density at radius 2 is 1.88 bits per heavy atom. The minimum absolute atomic E-state index is 0.167. The third kappa shape index (κ3) is 4.36. The fourth-order valence-electron chi connectivity index (χ4n) is 3.76. The summed E-state index contributed by atoms with van der Waals surface area (Å²) in [5, 5.41) is 8.15. The third-order valence-electron chi connectivity index (χ3n) is 5.43. The molecule has 4 rings (SSSR count). The van der Waals surface area contributed by atoms with E-state index in [2.05, 4.69) is 20.9 Å². The molecule has 1 aromatic heterocycles. The summed E-state index contributed by atoms with van der Waals surface area (Å²) in [5.41, 5.74) is 2.64. The van der Waals surface area contributed by atoms with E-state index in [1.165, 1.54) is 4.57 Å². The zero-order valence-corrected chi connectivity index (χ0v) is 17.8. The van der Waals surface area contributed by atoms with Gasteiger partial charge in [0.25, 0.3) is 5.56 Å². The molecule has 1 fully saturated rings. The summed E-state index contributed by atoms with van der Waals surface area (Å²) in [6.07, 6.45) is 0.416. The van der Waals surface area contributed by atoms with Crippen LogP contribution in [0.15, 0.2) is 47.3 Å². The van der Waals surface area contributed by atoms with Gasteiger partial charge in [-0.15, -0.1) is 0 Å². The minimum Gasteiger partial charge on any atom is -0.334 e. The van der Waals surface area contributed by atoms with Crippen LogP contribution in [0.25, 0.3) is 10.9 Å². The molecule has 32 heavy (non-hydrogen) atoms. The van der Waals surface area contributed by atoms with Crippen molar-refractivity contribution in [1.29, 1.82) is 0 Å². The SMILES string of the molecule is Cc1ccc(NC(=O)NCc2ccc3nc(C)n([C@H]4CCC(=O)NC4=O)c(=O)c3c2)cc1. The zero-order chi connectivity index (χ0) is 22.8. The lowest BCUT2D eigenvalue weighted by Gasteiger charge is -2.24. The summed E-state index contributed by atoms with van der Waals surface area (Å²) in [6.45, 7) is 3.84. The van der Waals surface area contributed by atoms with Crippen molar-refractivity contribution in [2.45, 2.75) is 39.3 Å². The molecule has 1 aliphatic rings. The highest BCUT2D eigenvalue weighted by atomic mass is 16.2. The number of aryl methyl sites for hydroxylation is 2. The Hall–Kier alpha value is -4.01. The lowest BCUT2D eigenvalue weighted by Crippen LogP contribution is -2.45. The normalized spacial score (nSPS) is 16.0. The minimum atomic E-state index is -0.779. The van der Waals surface area contributed by atoms with Gasteiger partial charge < -0.3 is 10.6 Å². The quantitative estimate of drug-likeness (QED) is 0.545. The molecule has 9 heteroatoms. The molecular weight excluding hydrogens is 410 g/mol. The first kappa shape index (κ1) is 21.2. The Kier molecular flexibility index (Phi) is 5.72. The molecule has 4 amide bonds. The average Bonchev–Trinajstić information content (AvgIpc) is 2.75.